The zero-order valence-corrected chi connectivity index (χ0v) is 8.90. The van der Waals surface area contributed by atoms with Gasteiger partial charge in [0.15, 0.2) is 0 Å². The third-order valence-corrected chi connectivity index (χ3v) is 2.11. The highest BCUT2D eigenvalue weighted by Crippen LogP contribution is 2.27. The van der Waals surface area contributed by atoms with Crippen molar-refractivity contribution in [3.8, 4) is 0 Å². The number of hydrogen-bond acceptors (Lipinski definition) is 1. The van der Waals surface area contributed by atoms with Crippen LogP contribution >= 0.6 is 0 Å². The molecular weight excluding hydrogens is 200 g/mol. The maximum absolute atomic E-state index is 13.7. The standard InChI is InChI=1S/C11H13F2NO/c1-11(2,3)8-5-6(12)4-7(9(8)13)10(14)15/h4-5H,1-3H3,(H2,14,15). The highest BCUT2D eigenvalue weighted by molar-refractivity contribution is 5.93. The number of benzene rings is 1. The summed E-state index contributed by atoms with van der Waals surface area (Å²) < 4.78 is 26.9. The summed E-state index contributed by atoms with van der Waals surface area (Å²) in [5.41, 5.74) is 4.12. The molecule has 0 aliphatic rings. The molecule has 1 aromatic carbocycles. The van der Waals surface area contributed by atoms with Crippen molar-refractivity contribution < 1.29 is 13.6 Å². The molecule has 0 aliphatic carbocycles. The number of rotatable bonds is 1. The summed E-state index contributed by atoms with van der Waals surface area (Å²) in [6.07, 6.45) is 0. The van der Waals surface area contributed by atoms with E-state index in [0.717, 1.165) is 12.1 Å². The molecule has 0 radical (unpaired) electrons. The monoisotopic (exact) mass is 213 g/mol. The van der Waals surface area contributed by atoms with E-state index in [9.17, 15) is 13.6 Å². The van der Waals surface area contributed by atoms with Gasteiger partial charge in [-0.1, -0.05) is 20.8 Å². The molecule has 15 heavy (non-hydrogen) atoms. The first kappa shape index (κ1) is 11.6. The van der Waals surface area contributed by atoms with Crippen molar-refractivity contribution in [2.75, 3.05) is 0 Å². The Morgan fingerprint density at radius 1 is 1.27 bits per heavy atom. The molecule has 0 spiro atoms. The quantitative estimate of drug-likeness (QED) is 0.764. The fourth-order valence-electron chi connectivity index (χ4n) is 1.31. The van der Waals surface area contributed by atoms with Gasteiger partial charge in [-0.3, -0.25) is 4.79 Å². The Morgan fingerprint density at radius 3 is 2.20 bits per heavy atom. The molecule has 0 fully saturated rings. The van der Waals surface area contributed by atoms with Crippen LogP contribution in [0.1, 0.15) is 36.7 Å². The average molecular weight is 213 g/mol. The first-order chi connectivity index (χ1) is 6.73. The minimum absolute atomic E-state index is 0.149. The van der Waals surface area contributed by atoms with E-state index in [2.05, 4.69) is 0 Å². The zero-order chi connectivity index (χ0) is 11.8. The minimum Gasteiger partial charge on any atom is -0.366 e. The Labute approximate surface area is 87.1 Å². The normalized spacial score (nSPS) is 11.5. The van der Waals surface area contributed by atoms with Gasteiger partial charge in [0.2, 0.25) is 0 Å². The van der Waals surface area contributed by atoms with Crippen molar-refractivity contribution in [3.05, 3.63) is 34.9 Å². The SMILES string of the molecule is CC(C)(C)c1cc(F)cc(C(N)=O)c1F. The predicted molar refractivity (Wildman–Crippen MR) is 53.6 cm³/mol. The molecule has 0 unspecified atom stereocenters. The molecule has 0 saturated carbocycles. The van der Waals surface area contributed by atoms with Crippen molar-refractivity contribution in [3.63, 3.8) is 0 Å². The molecule has 1 amide bonds. The first-order valence-electron chi connectivity index (χ1n) is 4.53. The highest BCUT2D eigenvalue weighted by atomic mass is 19.1. The van der Waals surface area contributed by atoms with Gasteiger partial charge in [0.05, 0.1) is 5.56 Å². The topological polar surface area (TPSA) is 43.1 Å². The molecule has 4 heteroatoms. The van der Waals surface area contributed by atoms with Gasteiger partial charge >= 0.3 is 0 Å². The summed E-state index contributed by atoms with van der Waals surface area (Å²) in [7, 11) is 0. The second-order valence-electron chi connectivity index (χ2n) is 4.43. The largest absolute Gasteiger partial charge is 0.366 e. The summed E-state index contributed by atoms with van der Waals surface area (Å²) in [4.78, 5) is 10.9. The van der Waals surface area contributed by atoms with Crippen LogP contribution in [0.2, 0.25) is 0 Å². The molecular formula is C11H13F2NO. The molecule has 2 nitrogen and oxygen atoms in total. The number of carbonyl (C=O) groups is 1. The van der Waals surface area contributed by atoms with E-state index in [0.29, 0.717) is 0 Å². The summed E-state index contributed by atoms with van der Waals surface area (Å²) in [5.74, 6) is -2.36. The maximum atomic E-state index is 13.7. The van der Waals surface area contributed by atoms with E-state index in [1.165, 1.54) is 0 Å². The van der Waals surface area contributed by atoms with Crippen LogP contribution in [0.3, 0.4) is 0 Å². The predicted octanol–water partition coefficient (Wildman–Crippen LogP) is 2.36. The molecule has 0 aromatic heterocycles. The molecule has 0 saturated heterocycles. The number of hydrogen-bond donors (Lipinski definition) is 1. The van der Waals surface area contributed by atoms with Crippen LogP contribution < -0.4 is 5.73 Å². The highest BCUT2D eigenvalue weighted by Gasteiger charge is 2.23. The number of primary amides is 1. The maximum Gasteiger partial charge on any atom is 0.251 e. The van der Waals surface area contributed by atoms with E-state index < -0.39 is 28.5 Å². The summed E-state index contributed by atoms with van der Waals surface area (Å²) in [6, 6.07) is 1.90. The van der Waals surface area contributed by atoms with Crippen molar-refractivity contribution >= 4 is 5.91 Å². The first-order valence-corrected chi connectivity index (χ1v) is 4.53. The fourth-order valence-corrected chi connectivity index (χ4v) is 1.31. The van der Waals surface area contributed by atoms with Gasteiger partial charge in [-0.15, -0.1) is 0 Å². The third-order valence-electron chi connectivity index (χ3n) is 2.11. The molecule has 82 valence electrons. The Balaban J connectivity index is 3.49. The van der Waals surface area contributed by atoms with Crippen molar-refractivity contribution in [2.24, 2.45) is 5.73 Å². The lowest BCUT2D eigenvalue weighted by atomic mass is 9.85. The smallest absolute Gasteiger partial charge is 0.251 e. The van der Waals surface area contributed by atoms with Gasteiger partial charge in [0.25, 0.3) is 5.91 Å². The lowest BCUT2D eigenvalue weighted by molar-refractivity contribution is 0.0995. The molecule has 1 rings (SSSR count). The van der Waals surface area contributed by atoms with E-state index in [-0.39, 0.29) is 5.56 Å². The Bertz CT molecular complexity index is 408. The number of nitrogens with two attached hydrogens (primary N) is 1. The second kappa shape index (κ2) is 3.61. The number of halogens is 2. The lowest BCUT2D eigenvalue weighted by Crippen LogP contribution is -2.20. The van der Waals surface area contributed by atoms with Crippen LogP contribution in [-0.4, -0.2) is 5.91 Å². The zero-order valence-electron chi connectivity index (χ0n) is 8.90. The van der Waals surface area contributed by atoms with Crippen LogP contribution in [0.15, 0.2) is 12.1 Å². The third kappa shape index (κ3) is 2.32. The Hall–Kier alpha value is -1.45. The van der Waals surface area contributed by atoms with Crippen LogP contribution in [0.4, 0.5) is 8.78 Å². The minimum atomic E-state index is -0.961. The molecule has 1 aromatic rings. The van der Waals surface area contributed by atoms with Gasteiger partial charge in [-0.2, -0.15) is 0 Å². The lowest BCUT2D eigenvalue weighted by Gasteiger charge is -2.20. The van der Waals surface area contributed by atoms with Crippen LogP contribution in [-0.2, 0) is 5.41 Å². The van der Waals surface area contributed by atoms with Crippen LogP contribution in [0, 0.1) is 11.6 Å². The fraction of sp³-hybridized carbons (Fsp3) is 0.364. The van der Waals surface area contributed by atoms with E-state index >= 15 is 0 Å². The second-order valence-corrected chi connectivity index (χ2v) is 4.43. The van der Waals surface area contributed by atoms with Gasteiger partial charge < -0.3 is 5.73 Å². The Morgan fingerprint density at radius 2 is 1.80 bits per heavy atom. The number of amides is 1. The molecule has 0 heterocycles. The summed E-state index contributed by atoms with van der Waals surface area (Å²) >= 11 is 0. The van der Waals surface area contributed by atoms with Gasteiger partial charge in [-0.05, 0) is 23.1 Å². The average Bonchev–Trinajstić information content (AvgIpc) is 2.06. The Kier molecular flexibility index (Phi) is 2.79. The van der Waals surface area contributed by atoms with E-state index in [1.807, 2.05) is 0 Å². The van der Waals surface area contributed by atoms with Crippen molar-refractivity contribution in [1.29, 1.82) is 0 Å². The molecule has 0 atom stereocenters. The van der Waals surface area contributed by atoms with E-state index in [1.54, 1.807) is 20.8 Å². The van der Waals surface area contributed by atoms with Gasteiger partial charge in [0, 0.05) is 0 Å². The van der Waals surface area contributed by atoms with Crippen molar-refractivity contribution in [1.82, 2.24) is 0 Å². The van der Waals surface area contributed by atoms with Crippen LogP contribution in [0.5, 0.6) is 0 Å². The summed E-state index contributed by atoms with van der Waals surface area (Å²) in [6.45, 7) is 5.20. The molecule has 0 aliphatic heterocycles. The van der Waals surface area contributed by atoms with Gasteiger partial charge in [0.1, 0.15) is 11.6 Å². The van der Waals surface area contributed by atoms with Crippen molar-refractivity contribution in [2.45, 2.75) is 26.2 Å². The van der Waals surface area contributed by atoms with Crippen LogP contribution in [0.25, 0.3) is 0 Å². The van der Waals surface area contributed by atoms with E-state index in [4.69, 9.17) is 5.73 Å². The van der Waals surface area contributed by atoms with Gasteiger partial charge in [-0.25, -0.2) is 8.78 Å². The molecule has 2 N–H and O–H groups in total. The summed E-state index contributed by atoms with van der Waals surface area (Å²) in [5, 5.41) is 0. The molecule has 0 bridgehead atoms. The number of carbonyl (C=O) groups excluding carboxylic acids is 1.